The fourth-order valence-electron chi connectivity index (χ4n) is 3.10. The molecule has 1 atom stereocenters. The van der Waals surface area contributed by atoms with Crippen molar-refractivity contribution in [1.29, 1.82) is 0 Å². The molecule has 0 aromatic heterocycles. The summed E-state index contributed by atoms with van der Waals surface area (Å²) in [4.78, 5) is 2.58. The minimum Gasteiger partial charge on any atom is -0.307 e. The Morgan fingerprint density at radius 1 is 1.11 bits per heavy atom. The monoisotopic (exact) mass is 260 g/mol. The number of nitrogens with one attached hydrogen (secondary N) is 1. The molecule has 1 aromatic rings. The molecule has 1 aromatic carbocycles. The lowest BCUT2D eigenvalue weighted by Gasteiger charge is -2.36. The Kier molecular flexibility index (Phi) is 5.00. The average molecular weight is 260 g/mol. The average Bonchev–Trinajstić information content (AvgIpc) is 2.39. The number of benzene rings is 1. The molecule has 1 heterocycles. The molecule has 0 amide bonds. The molecule has 106 valence electrons. The van der Waals surface area contributed by atoms with Crippen LogP contribution in [0.5, 0.6) is 0 Å². The lowest BCUT2D eigenvalue weighted by atomic mass is 9.98. The summed E-state index contributed by atoms with van der Waals surface area (Å²) in [6, 6.07) is 10.5. The van der Waals surface area contributed by atoms with Crippen molar-refractivity contribution in [3.63, 3.8) is 0 Å². The number of likely N-dealkylation sites (tertiary alicyclic amines) is 1. The molecule has 2 rings (SSSR count). The van der Waals surface area contributed by atoms with Crippen LogP contribution in [-0.4, -0.2) is 30.1 Å². The Morgan fingerprint density at radius 2 is 1.74 bits per heavy atom. The summed E-state index contributed by atoms with van der Waals surface area (Å²) in [5.74, 6) is 0. The maximum Gasteiger partial charge on any atom is 0.0296 e. The number of nitrogens with zero attached hydrogens (tertiary/aromatic N) is 1. The van der Waals surface area contributed by atoms with Crippen LogP contribution in [0.15, 0.2) is 24.3 Å². The standard InChI is InChI=1S/C17H28N2/c1-13(2)19-11-9-16(10-12-19)18-15(4)17-8-6-5-7-14(17)3/h5-8,13,15-16,18H,9-12H2,1-4H3/t15-/m0/s1. The van der Waals surface area contributed by atoms with Crippen molar-refractivity contribution < 1.29 is 0 Å². The number of piperidine rings is 1. The fraction of sp³-hybridized carbons (Fsp3) is 0.647. The van der Waals surface area contributed by atoms with Crippen LogP contribution in [0, 0.1) is 6.92 Å². The van der Waals surface area contributed by atoms with Crippen molar-refractivity contribution >= 4 is 0 Å². The second kappa shape index (κ2) is 6.53. The van der Waals surface area contributed by atoms with Gasteiger partial charge in [-0.05, 0) is 64.8 Å². The summed E-state index contributed by atoms with van der Waals surface area (Å²) in [5.41, 5.74) is 2.83. The third kappa shape index (κ3) is 3.80. The summed E-state index contributed by atoms with van der Waals surface area (Å²) in [6.07, 6.45) is 2.54. The van der Waals surface area contributed by atoms with Crippen molar-refractivity contribution in [2.24, 2.45) is 0 Å². The Bertz CT molecular complexity index is 392. The molecule has 1 aliphatic heterocycles. The highest BCUT2D eigenvalue weighted by molar-refractivity contribution is 5.28. The summed E-state index contributed by atoms with van der Waals surface area (Å²) >= 11 is 0. The molecule has 0 aliphatic carbocycles. The van der Waals surface area contributed by atoms with E-state index in [-0.39, 0.29) is 0 Å². The van der Waals surface area contributed by atoms with Crippen LogP contribution >= 0.6 is 0 Å². The highest BCUT2D eigenvalue weighted by Gasteiger charge is 2.22. The first-order chi connectivity index (χ1) is 9.08. The van der Waals surface area contributed by atoms with Crippen molar-refractivity contribution in [2.75, 3.05) is 13.1 Å². The quantitative estimate of drug-likeness (QED) is 0.891. The molecule has 1 fully saturated rings. The molecule has 0 radical (unpaired) electrons. The molecule has 1 saturated heterocycles. The zero-order chi connectivity index (χ0) is 13.8. The van der Waals surface area contributed by atoms with Crippen LogP contribution < -0.4 is 5.32 Å². The van der Waals surface area contributed by atoms with Gasteiger partial charge in [0.05, 0.1) is 0 Å². The number of aryl methyl sites for hydroxylation is 1. The molecular weight excluding hydrogens is 232 g/mol. The molecule has 0 spiro atoms. The van der Waals surface area contributed by atoms with Crippen LogP contribution in [0.3, 0.4) is 0 Å². The van der Waals surface area contributed by atoms with E-state index in [2.05, 4.69) is 62.2 Å². The third-order valence-corrected chi connectivity index (χ3v) is 4.40. The highest BCUT2D eigenvalue weighted by Crippen LogP contribution is 2.20. The van der Waals surface area contributed by atoms with Crippen LogP contribution in [0.25, 0.3) is 0 Å². The Labute approximate surface area is 118 Å². The van der Waals surface area contributed by atoms with E-state index in [1.54, 1.807) is 0 Å². The van der Waals surface area contributed by atoms with E-state index in [1.807, 2.05) is 0 Å². The topological polar surface area (TPSA) is 15.3 Å². The van der Waals surface area contributed by atoms with Crippen LogP contribution in [-0.2, 0) is 0 Å². The first kappa shape index (κ1) is 14.5. The van der Waals surface area contributed by atoms with E-state index < -0.39 is 0 Å². The first-order valence-corrected chi connectivity index (χ1v) is 7.63. The summed E-state index contributed by atoms with van der Waals surface area (Å²) in [5, 5.41) is 3.81. The highest BCUT2D eigenvalue weighted by atomic mass is 15.2. The largest absolute Gasteiger partial charge is 0.307 e. The molecule has 0 bridgehead atoms. The molecule has 1 N–H and O–H groups in total. The molecule has 2 nitrogen and oxygen atoms in total. The zero-order valence-corrected chi connectivity index (χ0v) is 12.8. The van der Waals surface area contributed by atoms with Gasteiger partial charge >= 0.3 is 0 Å². The SMILES string of the molecule is Cc1ccccc1[C@H](C)NC1CCN(C(C)C)CC1. The van der Waals surface area contributed by atoms with Gasteiger partial charge in [-0.25, -0.2) is 0 Å². The summed E-state index contributed by atoms with van der Waals surface area (Å²) in [7, 11) is 0. The molecule has 0 saturated carbocycles. The number of rotatable bonds is 4. The van der Waals surface area contributed by atoms with Gasteiger partial charge < -0.3 is 10.2 Å². The van der Waals surface area contributed by atoms with E-state index in [0.29, 0.717) is 18.1 Å². The van der Waals surface area contributed by atoms with Crippen LogP contribution in [0.1, 0.15) is 50.8 Å². The van der Waals surface area contributed by atoms with Crippen LogP contribution in [0.4, 0.5) is 0 Å². The summed E-state index contributed by atoms with van der Waals surface area (Å²) in [6.45, 7) is 11.5. The predicted molar refractivity (Wildman–Crippen MR) is 82.5 cm³/mol. The van der Waals surface area contributed by atoms with Gasteiger partial charge in [0.15, 0.2) is 0 Å². The third-order valence-electron chi connectivity index (χ3n) is 4.40. The lowest BCUT2D eigenvalue weighted by molar-refractivity contribution is 0.157. The maximum absolute atomic E-state index is 3.81. The lowest BCUT2D eigenvalue weighted by Crippen LogP contribution is -2.45. The minimum atomic E-state index is 0.455. The van der Waals surface area contributed by atoms with Gasteiger partial charge in [-0.2, -0.15) is 0 Å². The predicted octanol–water partition coefficient (Wildman–Crippen LogP) is 3.52. The van der Waals surface area contributed by atoms with Gasteiger partial charge in [0.25, 0.3) is 0 Å². The normalized spacial score (nSPS) is 19.8. The second-order valence-corrected chi connectivity index (χ2v) is 6.15. The van der Waals surface area contributed by atoms with E-state index >= 15 is 0 Å². The van der Waals surface area contributed by atoms with Crippen molar-refractivity contribution in [3.8, 4) is 0 Å². The second-order valence-electron chi connectivity index (χ2n) is 6.15. The van der Waals surface area contributed by atoms with Gasteiger partial charge in [0.2, 0.25) is 0 Å². The Morgan fingerprint density at radius 3 is 2.32 bits per heavy atom. The molecule has 1 aliphatic rings. The Balaban J connectivity index is 1.87. The summed E-state index contributed by atoms with van der Waals surface area (Å²) < 4.78 is 0. The van der Waals surface area contributed by atoms with Gasteiger partial charge in [0, 0.05) is 18.1 Å². The fourth-order valence-corrected chi connectivity index (χ4v) is 3.10. The smallest absolute Gasteiger partial charge is 0.0296 e. The van der Waals surface area contributed by atoms with E-state index in [4.69, 9.17) is 0 Å². The number of hydrogen-bond donors (Lipinski definition) is 1. The maximum atomic E-state index is 3.81. The van der Waals surface area contributed by atoms with Gasteiger partial charge in [-0.15, -0.1) is 0 Å². The molecule has 0 unspecified atom stereocenters. The van der Waals surface area contributed by atoms with E-state index in [9.17, 15) is 0 Å². The van der Waals surface area contributed by atoms with Crippen molar-refractivity contribution in [1.82, 2.24) is 10.2 Å². The number of hydrogen-bond acceptors (Lipinski definition) is 2. The van der Waals surface area contributed by atoms with E-state index in [1.165, 1.54) is 37.1 Å². The molecule has 19 heavy (non-hydrogen) atoms. The van der Waals surface area contributed by atoms with Gasteiger partial charge in [-0.1, -0.05) is 24.3 Å². The first-order valence-electron chi connectivity index (χ1n) is 7.63. The van der Waals surface area contributed by atoms with Gasteiger partial charge in [-0.3, -0.25) is 0 Å². The van der Waals surface area contributed by atoms with Crippen molar-refractivity contribution in [3.05, 3.63) is 35.4 Å². The van der Waals surface area contributed by atoms with Crippen LogP contribution in [0.2, 0.25) is 0 Å². The van der Waals surface area contributed by atoms with E-state index in [0.717, 1.165) is 0 Å². The minimum absolute atomic E-state index is 0.455. The zero-order valence-electron chi connectivity index (χ0n) is 12.8. The molecule has 2 heteroatoms. The van der Waals surface area contributed by atoms with Crippen molar-refractivity contribution in [2.45, 2.75) is 58.7 Å². The molecular formula is C17H28N2. The van der Waals surface area contributed by atoms with Gasteiger partial charge in [0.1, 0.15) is 0 Å². The Hall–Kier alpha value is -0.860.